The normalized spacial score (nSPS) is 24.4. The zero-order valence-corrected chi connectivity index (χ0v) is 18.9. The van der Waals surface area contributed by atoms with Crippen molar-refractivity contribution in [1.82, 2.24) is 24.8 Å². The van der Waals surface area contributed by atoms with Gasteiger partial charge in [0.15, 0.2) is 0 Å². The number of piperidine rings is 1. The molecule has 2 aromatic heterocycles. The van der Waals surface area contributed by atoms with Crippen LogP contribution in [0.15, 0.2) is 36.8 Å². The molecule has 4 atom stereocenters. The molecule has 2 unspecified atom stereocenters. The van der Waals surface area contributed by atoms with Gasteiger partial charge in [-0.25, -0.2) is 4.98 Å². The quantitative estimate of drug-likeness (QED) is 0.663. The first-order valence-electron chi connectivity index (χ1n) is 11.5. The number of hydrogen-bond acceptors (Lipinski definition) is 3. The van der Waals surface area contributed by atoms with Gasteiger partial charge in [0.25, 0.3) is 0 Å². The Bertz CT molecular complexity index is 1080. The molecule has 1 fully saturated rings. The first kappa shape index (κ1) is 20.3. The zero-order valence-electron chi connectivity index (χ0n) is 18.9. The van der Waals surface area contributed by atoms with Gasteiger partial charge in [-0.3, -0.25) is 4.79 Å². The van der Waals surface area contributed by atoms with Crippen LogP contribution in [0.5, 0.6) is 0 Å². The first-order chi connectivity index (χ1) is 14.9. The van der Waals surface area contributed by atoms with Gasteiger partial charge in [0.2, 0.25) is 5.91 Å². The highest BCUT2D eigenvalue weighted by Gasteiger charge is 2.41. The van der Waals surface area contributed by atoms with Crippen molar-refractivity contribution in [2.24, 2.45) is 5.92 Å². The number of nitrogens with zero attached hydrogens (tertiary/aromatic N) is 3. The number of hydrogen-bond donors (Lipinski definition) is 2. The van der Waals surface area contributed by atoms with E-state index in [1.54, 1.807) is 6.20 Å². The van der Waals surface area contributed by atoms with Crippen LogP contribution in [0.3, 0.4) is 0 Å². The number of rotatable bonds is 5. The summed E-state index contributed by atoms with van der Waals surface area (Å²) in [6.07, 6.45) is 8.64. The third-order valence-electron chi connectivity index (χ3n) is 7.25. The molecule has 6 heteroatoms. The number of likely N-dealkylation sites (tertiary alicyclic amines) is 1. The van der Waals surface area contributed by atoms with Gasteiger partial charge < -0.3 is 19.8 Å². The molecule has 31 heavy (non-hydrogen) atoms. The number of H-pyrrole nitrogens is 1. The van der Waals surface area contributed by atoms with Crippen LogP contribution in [0.4, 0.5) is 0 Å². The third-order valence-corrected chi connectivity index (χ3v) is 7.25. The van der Waals surface area contributed by atoms with Crippen LogP contribution < -0.4 is 5.32 Å². The maximum atomic E-state index is 13.2. The lowest BCUT2D eigenvalue weighted by Crippen LogP contribution is -2.52. The highest BCUT2D eigenvalue weighted by molar-refractivity contribution is 5.89. The molecule has 2 N–H and O–H groups in total. The van der Waals surface area contributed by atoms with Crippen LogP contribution in [-0.2, 0) is 17.6 Å². The van der Waals surface area contributed by atoms with Crippen molar-refractivity contribution < 1.29 is 4.79 Å². The lowest BCUT2D eigenvalue weighted by Gasteiger charge is -2.45. The number of carbonyl (C=O) groups excluding carboxylic acids is 1. The molecule has 1 aromatic carbocycles. The molecule has 0 spiro atoms. The molecule has 2 aliphatic rings. The maximum Gasteiger partial charge on any atom is 0.224 e. The molecule has 0 radical (unpaired) electrons. The van der Waals surface area contributed by atoms with Gasteiger partial charge >= 0.3 is 0 Å². The highest BCUT2D eigenvalue weighted by Crippen LogP contribution is 2.45. The van der Waals surface area contributed by atoms with Gasteiger partial charge in [0.1, 0.15) is 5.82 Å². The van der Waals surface area contributed by atoms with Crippen LogP contribution in [0, 0.1) is 5.92 Å². The summed E-state index contributed by atoms with van der Waals surface area (Å²) >= 11 is 0. The number of aromatic nitrogens is 3. The molecule has 6 nitrogen and oxygen atoms in total. The fourth-order valence-electron chi connectivity index (χ4n) is 5.80. The Labute approximate surface area is 184 Å². The SMILES string of the molecule is CC(Cc1ncc[nH]1)NC(=O)[C@@H]1CC2c3cccc4c3c(cn4C(C)C)C[C@H]2N(C)C1. The van der Waals surface area contributed by atoms with Gasteiger partial charge in [-0.15, -0.1) is 0 Å². The Kier molecular flexibility index (Phi) is 5.13. The van der Waals surface area contributed by atoms with Crippen molar-refractivity contribution in [2.75, 3.05) is 13.6 Å². The molecule has 0 bridgehead atoms. The number of likely N-dealkylation sites (N-methyl/N-ethyl adjacent to an activating group) is 1. The second-order valence-electron chi connectivity index (χ2n) is 9.80. The van der Waals surface area contributed by atoms with Gasteiger partial charge in [0.05, 0.1) is 5.92 Å². The van der Waals surface area contributed by atoms with Crippen molar-refractivity contribution in [3.63, 3.8) is 0 Å². The molecule has 5 rings (SSSR count). The molecule has 1 aliphatic heterocycles. The smallest absolute Gasteiger partial charge is 0.224 e. The van der Waals surface area contributed by atoms with Crippen LogP contribution in [0.2, 0.25) is 0 Å². The van der Waals surface area contributed by atoms with Crippen molar-refractivity contribution >= 4 is 16.8 Å². The summed E-state index contributed by atoms with van der Waals surface area (Å²) in [5.41, 5.74) is 4.22. The van der Waals surface area contributed by atoms with Gasteiger partial charge in [-0.2, -0.15) is 0 Å². The molecular formula is C25H33N5O. The second kappa shape index (κ2) is 7.83. The fourth-order valence-corrected chi connectivity index (χ4v) is 5.80. The molecule has 1 amide bonds. The van der Waals surface area contributed by atoms with Crippen LogP contribution in [0.25, 0.3) is 10.9 Å². The summed E-state index contributed by atoms with van der Waals surface area (Å²) in [5, 5.41) is 4.67. The Morgan fingerprint density at radius 1 is 1.32 bits per heavy atom. The summed E-state index contributed by atoms with van der Waals surface area (Å²) < 4.78 is 2.41. The van der Waals surface area contributed by atoms with Gasteiger partial charge in [-0.1, -0.05) is 12.1 Å². The molecule has 3 aromatic rings. The van der Waals surface area contributed by atoms with Crippen molar-refractivity contribution in [1.29, 1.82) is 0 Å². The van der Waals surface area contributed by atoms with E-state index >= 15 is 0 Å². The molecular weight excluding hydrogens is 386 g/mol. The number of amides is 1. The summed E-state index contributed by atoms with van der Waals surface area (Å²) in [7, 11) is 2.19. The summed E-state index contributed by atoms with van der Waals surface area (Å²) in [4.78, 5) is 23.0. The van der Waals surface area contributed by atoms with Crippen molar-refractivity contribution in [3.05, 3.63) is 53.7 Å². The third kappa shape index (κ3) is 3.57. The van der Waals surface area contributed by atoms with E-state index in [4.69, 9.17) is 0 Å². The number of imidazole rings is 1. The topological polar surface area (TPSA) is 66.0 Å². The fraction of sp³-hybridized carbons (Fsp3) is 0.520. The minimum atomic E-state index is 0.00860. The number of benzene rings is 1. The Hall–Kier alpha value is -2.60. The van der Waals surface area contributed by atoms with E-state index in [0.717, 1.165) is 31.6 Å². The van der Waals surface area contributed by atoms with Crippen molar-refractivity contribution in [2.45, 2.75) is 64.1 Å². The number of aromatic amines is 1. The van der Waals surface area contributed by atoms with E-state index in [2.05, 4.69) is 77.0 Å². The average Bonchev–Trinajstić information content (AvgIpc) is 3.37. The number of nitrogens with one attached hydrogen (secondary N) is 2. The zero-order chi connectivity index (χ0) is 21.7. The Morgan fingerprint density at radius 3 is 2.90 bits per heavy atom. The van der Waals surface area contributed by atoms with E-state index < -0.39 is 0 Å². The summed E-state index contributed by atoms with van der Waals surface area (Å²) in [6, 6.07) is 7.70. The first-order valence-corrected chi connectivity index (χ1v) is 11.5. The monoisotopic (exact) mass is 419 g/mol. The molecule has 3 heterocycles. The molecule has 164 valence electrons. The Morgan fingerprint density at radius 2 is 2.16 bits per heavy atom. The van der Waals surface area contributed by atoms with E-state index in [1.165, 1.54) is 22.0 Å². The van der Waals surface area contributed by atoms with Gasteiger partial charge in [-0.05, 0) is 57.9 Å². The largest absolute Gasteiger partial charge is 0.353 e. The number of carbonyl (C=O) groups is 1. The second-order valence-corrected chi connectivity index (χ2v) is 9.80. The molecule has 1 saturated heterocycles. The Balaban J connectivity index is 1.38. The van der Waals surface area contributed by atoms with E-state index in [1.807, 2.05) is 6.20 Å². The maximum absolute atomic E-state index is 13.2. The van der Waals surface area contributed by atoms with Crippen molar-refractivity contribution in [3.8, 4) is 0 Å². The minimum Gasteiger partial charge on any atom is -0.353 e. The lowest BCUT2D eigenvalue weighted by molar-refractivity contribution is -0.128. The van der Waals surface area contributed by atoms with Gasteiger partial charge in [0, 0.05) is 66.5 Å². The van der Waals surface area contributed by atoms with Crippen LogP contribution in [-0.4, -0.2) is 51.0 Å². The van der Waals surface area contributed by atoms with Crippen LogP contribution >= 0.6 is 0 Å². The molecule has 1 aliphatic carbocycles. The van der Waals surface area contributed by atoms with E-state index in [0.29, 0.717) is 18.0 Å². The summed E-state index contributed by atoms with van der Waals surface area (Å²) in [6.45, 7) is 7.36. The lowest BCUT2D eigenvalue weighted by atomic mass is 9.72. The van der Waals surface area contributed by atoms with E-state index in [9.17, 15) is 4.79 Å². The van der Waals surface area contributed by atoms with E-state index in [-0.39, 0.29) is 17.9 Å². The number of fused-ring (bicyclic) bond motifs is 2. The standard InChI is InChI=1S/C25H33N5O/c1-15(2)30-14-17-12-22-20(19-6-5-7-21(30)24(17)19)11-18(13-29(22)4)25(31)28-16(3)10-23-26-8-9-27-23/h5-9,14-16,18,20,22H,10-13H2,1-4H3,(H,26,27)(H,28,31)/t16?,18-,20?,22-/m1/s1. The average molecular weight is 420 g/mol. The summed E-state index contributed by atoms with van der Waals surface area (Å²) in [5.74, 6) is 1.49. The minimum absolute atomic E-state index is 0.00860. The predicted molar refractivity (Wildman–Crippen MR) is 123 cm³/mol. The predicted octanol–water partition coefficient (Wildman–Crippen LogP) is 3.65. The molecule has 0 saturated carbocycles. The van der Waals surface area contributed by atoms with Crippen LogP contribution in [0.1, 0.15) is 56.1 Å². The highest BCUT2D eigenvalue weighted by atomic mass is 16.2.